The summed E-state index contributed by atoms with van der Waals surface area (Å²) in [5, 5.41) is 10.6. The summed E-state index contributed by atoms with van der Waals surface area (Å²) < 4.78 is 68.4. The van der Waals surface area contributed by atoms with Crippen molar-refractivity contribution in [1.82, 2.24) is 0 Å². The summed E-state index contributed by atoms with van der Waals surface area (Å²) in [6, 6.07) is 0. The molecular weight excluding hydrogens is 1200 g/mol. The number of phosphoric acid groups is 2. The lowest BCUT2D eigenvalue weighted by Crippen LogP contribution is -2.30. The van der Waals surface area contributed by atoms with Gasteiger partial charge in [-0.15, -0.1) is 0 Å². The third-order valence-electron chi connectivity index (χ3n) is 16.9. The van der Waals surface area contributed by atoms with Crippen LogP contribution in [0.5, 0.6) is 0 Å². The summed E-state index contributed by atoms with van der Waals surface area (Å²) in [6.45, 7) is 14.1. The highest BCUT2D eigenvalue weighted by Crippen LogP contribution is 2.45. The fourth-order valence-corrected chi connectivity index (χ4v) is 12.4. The summed E-state index contributed by atoms with van der Waals surface area (Å²) in [5.74, 6) is 0.887. The standard InChI is InChI=1S/C72H140O17P2/c1-9-65(8)51-43-35-30-31-37-45-53-70(75)83-59-68(89-72(77)55-47-39-29-23-17-20-26-34-42-50-64(6)7)61-87-91(80,81)85-57-66(73)56-84-90(78,79)86-60-67(88-71(76)54-46-38-28-22-16-12-14-19-25-33-41-49-63(4)5)58-82-69(74)52-44-36-27-21-15-11-10-13-18-24-32-40-48-62(2)3/h62-68,73H,9-61H2,1-8H3,(H,78,79)(H,80,81)/t65?,66-,67-,68-/m1/s1. The molecule has 0 aromatic carbocycles. The Morgan fingerprint density at radius 1 is 0.308 bits per heavy atom. The van der Waals surface area contributed by atoms with Crippen molar-refractivity contribution in [3.63, 3.8) is 0 Å². The number of aliphatic hydroxyl groups excluding tert-OH is 1. The van der Waals surface area contributed by atoms with Crippen molar-refractivity contribution >= 4 is 39.5 Å². The molecule has 91 heavy (non-hydrogen) atoms. The fraction of sp³-hybridized carbons (Fsp3) is 0.944. The van der Waals surface area contributed by atoms with E-state index in [0.29, 0.717) is 25.7 Å². The molecule has 19 heteroatoms. The Labute approximate surface area is 556 Å². The molecule has 0 fully saturated rings. The predicted octanol–water partition coefficient (Wildman–Crippen LogP) is 20.5. The molecule has 0 aromatic heterocycles. The van der Waals surface area contributed by atoms with Crippen molar-refractivity contribution in [1.29, 1.82) is 0 Å². The molecule has 0 heterocycles. The normalized spacial score (nSPS) is 14.5. The average Bonchev–Trinajstić information content (AvgIpc) is 2.67. The number of phosphoric ester groups is 2. The quantitative estimate of drug-likeness (QED) is 0.0222. The largest absolute Gasteiger partial charge is 0.472 e. The number of unbranched alkanes of at least 4 members (excludes halogenated alkanes) is 34. The highest BCUT2D eigenvalue weighted by Gasteiger charge is 2.30. The monoisotopic (exact) mass is 1340 g/mol. The molecule has 6 atom stereocenters. The minimum atomic E-state index is -4.95. The molecule has 0 spiro atoms. The minimum Gasteiger partial charge on any atom is -0.462 e. The Bertz CT molecular complexity index is 1800. The number of ether oxygens (including phenoxy) is 4. The number of carbonyl (C=O) groups is 4. The van der Waals surface area contributed by atoms with Crippen molar-refractivity contribution < 1.29 is 80.2 Å². The van der Waals surface area contributed by atoms with E-state index in [0.717, 1.165) is 120 Å². The topological polar surface area (TPSA) is 237 Å². The van der Waals surface area contributed by atoms with Gasteiger partial charge in [-0.05, 0) is 49.4 Å². The first-order chi connectivity index (χ1) is 43.6. The fourth-order valence-electron chi connectivity index (χ4n) is 10.8. The van der Waals surface area contributed by atoms with Crippen LogP contribution in [0.2, 0.25) is 0 Å². The van der Waals surface area contributed by atoms with E-state index in [2.05, 4.69) is 55.4 Å². The van der Waals surface area contributed by atoms with Crippen molar-refractivity contribution in [2.24, 2.45) is 23.7 Å². The molecular formula is C72H140O17P2. The van der Waals surface area contributed by atoms with Gasteiger partial charge in [0.1, 0.15) is 19.3 Å². The Morgan fingerprint density at radius 3 is 0.780 bits per heavy atom. The molecule has 0 aliphatic heterocycles. The van der Waals surface area contributed by atoms with Gasteiger partial charge in [0.05, 0.1) is 26.4 Å². The van der Waals surface area contributed by atoms with Crippen LogP contribution in [0.4, 0.5) is 0 Å². The predicted molar refractivity (Wildman–Crippen MR) is 367 cm³/mol. The number of aliphatic hydroxyl groups is 1. The summed E-state index contributed by atoms with van der Waals surface area (Å²) in [6.07, 6.45) is 44.4. The molecule has 17 nitrogen and oxygen atoms in total. The number of esters is 4. The van der Waals surface area contributed by atoms with Crippen LogP contribution >= 0.6 is 15.6 Å². The zero-order chi connectivity index (χ0) is 67.5. The average molecular weight is 1340 g/mol. The van der Waals surface area contributed by atoms with Crippen LogP contribution in [0.15, 0.2) is 0 Å². The SMILES string of the molecule is CCC(C)CCCCCCCCC(=O)OC[C@H](COP(=O)(O)OC[C@H](O)COP(=O)(O)OC[C@@H](COC(=O)CCCCCCCCCCCCCCC(C)C)OC(=O)CCCCCCCCCCCCCC(C)C)OC(=O)CCCCCCCCCCCC(C)C. The number of rotatable bonds is 69. The Hall–Kier alpha value is -1.94. The van der Waals surface area contributed by atoms with Gasteiger partial charge in [-0.25, -0.2) is 9.13 Å². The van der Waals surface area contributed by atoms with Crippen LogP contribution < -0.4 is 0 Å². The molecule has 3 unspecified atom stereocenters. The highest BCUT2D eigenvalue weighted by atomic mass is 31.2. The van der Waals surface area contributed by atoms with Gasteiger partial charge in [0.2, 0.25) is 0 Å². The molecule has 540 valence electrons. The van der Waals surface area contributed by atoms with Crippen LogP contribution in [0.1, 0.15) is 357 Å². The molecule has 0 rings (SSSR count). The van der Waals surface area contributed by atoms with Crippen molar-refractivity contribution in [3.05, 3.63) is 0 Å². The lowest BCUT2D eigenvalue weighted by molar-refractivity contribution is -0.161. The maximum atomic E-state index is 13.0. The molecule has 0 amide bonds. The van der Waals surface area contributed by atoms with Gasteiger partial charge in [0.15, 0.2) is 12.2 Å². The Morgan fingerprint density at radius 2 is 0.527 bits per heavy atom. The molecule has 0 saturated heterocycles. The second-order valence-electron chi connectivity index (χ2n) is 27.6. The van der Waals surface area contributed by atoms with E-state index in [1.54, 1.807) is 0 Å². The number of hydrogen-bond donors (Lipinski definition) is 3. The van der Waals surface area contributed by atoms with Gasteiger partial charge < -0.3 is 33.8 Å². The van der Waals surface area contributed by atoms with Crippen molar-refractivity contribution in [2.45, 2.75) is 375 Å². The lowest BCUT2D eigenvalue weighted by Gasteiger charge is -2.21. The van der Waals surface area contributed by atoms with Gasteiger partial charge in [0.25, 0.3) is 0 Å². The van der Waals surface area contributed by atoms with Gasteiger partial charge >= 0.3 is 39.5 Å². The molecule has 0 radical (unpaired) electrons. The second-order valence-corrected chi connectivity index (χ2v) is 30.6. The smallest absolute Gasteiger partial charge is 0.462 e. The van der Waals surface area contributed by atoms with Crippen LogP contribution in [0.3, 0.4) is 0 Å². The van der Waals surface area contributed by atoms with Gasteiger partial charge in [-0.1, -0.05) is 306 Å². The van der Waals surface area contributed by atoms with Crippen molar-refractivity contribution in [2.75, 3.05) is 39.6 Å². The molecule has 0 saturated carbocycles. The van der Waals surface area contributed by atoms with Crippen molar-refractivity contribution in [3.8, 4) is 0 Å². The maximum absolute atomic E-state index is 13.0. The van der Waals surface area contributed by atoms with Gasteiger partial charge in [0, 0.05) is 25.7 Å². The number of carbonyl (C=O) groups excluding carboxylic acids is 4. The zero-order valence-corrected chi connectivity index (χ0v) is 61.3. The van der Waals surface area contributed by atoms with E-state index in [1.165, 1.54) is 154 Å². The van der Waals surface area contributed by atoms with E-state index in [9.17, 15) is 43.2 Å². The highest BCUT2D eigenvalue weighted by molar-refractivity contribution is 7.47. The first-order valence-corrected chi connectivity index (χ1v) is 40.2. The van der Waals surface area contributed by atoms with E-state index >= 15 is 0 Å². The Kier molecular flexibility index (Phi) is 60.3. The van der Waals surface area contributed by atoms with Gasteiger partial charge in [-0.3, -0.25) is 37.3 Å². The van der Waals surface area contributed by atoms with E-state index in [1.807, 2.05) is 0 Å². The first-order valence-electron chi connectivity index (χ1n) is 37.2. The lowest BCUT2D eigenvalue weighted by atomic mass is 10.00. The minimum absolute atomic E-state index is 0.104. The Balaban J connectivity index is 5.26. The summed E-state index contributed by atoms with van der Waals surface area (Å²) in [5.41, 5.74) is 0. The molecule has 0 aromatic rings. The molecule has 0 bridgehead atoms. The third kappa shape index (κ3) is 65.1. The van der Waals surface area contributed by atoms with Crippen LogP contribution in [-0.4, -0.2) is 96.7 Å². The number of hydrogen-bond acceptors (Lipinski definition) is 15. The first kappa shape index (κ1) is 89.1. The summed E-state index contributed by atoms with van der Waals surface area (Å²) in [7, 11) is -9.91. The van der Waals surface area contributed by atoms with Crippen LogP contribution in [0.25, 0.3) is 0 Å². The van der Waals surface area contributed by atoms with E-state index < -0.39 is 97.5 Å². The van der Waals surface area contributed by atoms with E-state index in [-0.39, 0.29) is 25.7 Å². The van der Waals surface area contributed by atoms with Crippen LogP contribution in [-0.2, 0) is 65.4 Å². The summed E-state index contributed by atoms with van der Waals surface area (Å²) in [4.78, 5) is 72.6. The third-order valence-corrected chi connectivity index (χ3v) is 18.8. The summed E-state index contributed by atoms with van der Waals surface area (Å²) >= 11 is 0. The molecule has 0 aliphatic carbocycles. The zero-order valence-electron chi connectivity index (χ0n) is 59.5. The van der Waals surface area contributed by atoms with E-state index in [4.69, 9.17) is 37.0 Å². The second kappa shape index (κ2) is 61.6. The van der Waals surface area contributed by atoms with Crippen LogP contribution in [0, 0.1) is 23.7 Å². The molecule has 0 aliphatic rings. The maximum Gasteiger partial charge on any atom is 0.472 e. The molecule has 3 N–H and O–H groups in total. The van der Waals surface area contributed by atoms with Gasteiger partial charge in [-0.2, -0.15) is 0 Å².